The number of allylic oxidation sites excluding steroid dienone is 2. The second-order valence-corrected chi connectivity index (χ2v) is 14.3. The minimum Gasteiger partial charge on any atom is -0.326 e. The van der Waals surface area contributed by atoms with E-state index in [-0.39, 0.29) is 11.7 Å². The summed E-state index contributed by atoms with van der Waals surface area (Å²) in [5, 5.41) is 3.90. The van der Waals surface area contributed by atoms with E-state index < -0.39 is 5.92 Å². The number of ketones is 1. The molecule has 0 bridgehead atoms. The maximum atomic E-state index is 13.9. The standard InChI is InChI=1S/C42H46ClNO2/c1-6-7-40(45)34-10-8-29(9-11-34)27-39(33-14-12-30(13-15-33)31-16-20-35(21-17-31)42(3,4)5)41(46)44-37-23-18-32(19-24-37)38-25-22-36(43)26-28(38)2/h8-16,18-19,22-26,35,39H,6-7,17,20-21,27H2,1-5H3,(H,44,46)/t35-,39+/m0/s1. The molecule has 46 heavy (non-hydrogen) atoms. The first kappa shape index (κ1) is 33.4. The molecule has 0 unspecified atom stereocenters. The SMILES string of the molecule is CCCC(=O)c1ccc(C[C@@H](C(=O)Nc2ccc(-c3ccc(Cl)cc3C)cc2)c2ccc(C3=CC[C@H](C(C)(C)C)CC3)cc2)cc1. The van der Waals surface area contributed by atoms with Crippen LogP contribution >= 0.6 is 11.6 Å². The summed E-state index contributed by atoms with van der Waals surface area (Å²) in [6.07, 6.45) is 7.71. The third-order valence-electron chi connectivity index (χ3n) is 9.48. The average Bonchev–Trinajstić information content (AvgIpc) is 3.04. The first-order valence-corrected chi connectivity index (χ1v) is 17.0. The summed E-state index contributed by atoms with van der Waals surface area (Å²) in [7, 11) is 0. The van der Waals surface area contributed by atoms with Crippen LogP contribution in [0.3, 0.4) is 0 Å². The molecule has 5 rings (SSSR count). The van der Waals surface area contributed by atoms with Crippen molar-refractivity contribution in [1.82, 2.24) is 0 Å². The zero-order chi connectivity index (χ0) is 32.8. The van der Waals surface area contributed by atoms with E-state index in [1.807, 2.05) is 80.6 Å². The quantitative estimate of drug-likeness (QED) is 0.177. The van der Waals surface area contributed by atoms with Crippen LogP contribution in [0.1, 0.15) is 98.3 Å². The number of benzene rings is 4. The molecule has 0 saturated carbocycles. The fraction of sp³-hybridized carbons (Fsp3) is 0.333. The first-order valence-electron chi connectivity index (χ1n) is 16.6. The van der Waals surface area contributed by atoms with Crippen molar-refractivity contribution in [3.8, 4) is 11.1 Å². The van der Waals surface area contributed by atoms with Gasteiger partial charge in [0.2, 0.25) is 5.91 Å². The summed E-state index contributed by atoms with van der Waals surface area (Å²) in [6.45, 7) is 11.1. The number of rotatable bonds is 10. The van der Waals surface area contributed by atoms with Gasteiger partial charge in [0, 0.05) is 22.7 Å². The van der Waals surface area contributed by atoms with Gasteiger partial charge in [-0.2, -0.15) is 0 Å². The Morgan fingerprint density at radius 1 is 0.891 bits per heavy atom. The summed E-state index contributed by atoms with van der Waals surface area (Å²) in [6, 6.07) is 30.2. The highest BCUT2D eigenvalue weighted by Crippen LogP contribution is 2.40. The van der Waals surface area contributed by atoms with Gasteiger partial charge in [-0.25, -0.2) is 0 Å². The summed E-state index contributed by atoms with van der Waals surface area (Å²) in [5.41, 5.74) is 9.73. The molecule has 1 aliphatic carbocycles. The molecule has 1 N–H and O–H groups in total. The van der Waals surface area contributed by atoms with E-state index >= 15 is 0 Å². The predicted molar refractivity (Wildman–Crippen MR) is 194 cm³/mol. The third kappa shape index (κ3) is 8.25. The van der Waals surface area contributed by atoms with E-state index in [2.05, 4.69) is 56.4 Å². The number of nitrogens with one attached hydrogen (secondary N) is 1. The van der Waals surface area contributed by atoms with Crippen molar-refractivity contribution in [2.24, 2.45) is 11.3 Å². The Morgan fingerprint density at radius 3 is 2.15 bits per heavy atom. The van der Waals surface area contributed by atoms with Gasteiger partial charge in [0.15, 0.2) is 5.78 Å². The molecule has 0 aliphatic heterocycles. The van der Waals surface area contributed by atoms with E-state index in [4.69, 9.17) is 11.6 Å². The number of carbonyl (C=O) groups is 2. The van der Waals surface area contributed by atoms with E-state index in [1.165, 1.54) is 17.6 Å². The van der Waals surface area contributed by atoms with E-state index in [1.54, 1.807) is 0 Å². The van der Waals surface area contributed by atoms with Crippen LogP contribution in [0.2, 0.25) is 5.02 Å². The molecular formula is C42H46ClNO2. The molecule has 0 spiro atoms. The van der Waals surface area contributed by atoms with Gasteiger partial charge >= 0.3 is 0 Å². The van der Waals surface area contributed by atoms with Crippen molar-refractivity contribution in [3.05, 3.63) is 130 Å². The van der Waals surface area contributed by atoms with Gasteiger partial charge in [-0.3, -0.25) is 9.59 Å². The van der Waals surface area contributed by atoms with Crippen molar-refractivity contribution < 1.29 is 9.59 Å². The first-order chi connectivity index (χ1) is 22.0. The minimum atomic E-state index is -0.393. The monoisotopic (exact) mass is 631 g/mol. The largest absolute Gasteiger partial charge is 0.326 e. The highest BCUT2D eigenvalue weighted by atomic mass is 35.5. The van der Waals surface area contributed by atoms with Crippen LogP contribution in [0.25, 0.3) is 16.7 Å². The maximum absolute atomic E-state index is 13.9. The number of aryl methyl sites for hydroxylation is 1. The van der Waals surface area contributed by atoms with E-state index in [0.29, 0.717) is 24.2 Å². The fourth-order valence-electron chi connectivity index (χ4n) is 6.52. The topological polar surface area (TPSA) is 46.2 Å². The number of halogens is 1. The lowest BCUT2D eigenvalue weighted by Gasteiger charge is -2.33. The van der Waals surface area contributed by atoms with E-state index in [0.717, 1.165) is 63.4 Å². The Hall–Kier alpha value is -3.95. The Bertz CT molecular complexity index is 1690. The molecule has 4 aromatic carbocycles. The molecule has 1 amide bonds. The molecule has 0 heterocycles. The molecule has 3 nitrogen and oxygen atoms in total. The fourth-order valence-corrected chi connectivity index (χ4v) is 6.75. The predicted octanol–water partition coefficient (Wildman–Crippen LogP) is 11.5. The maximum Gasteiger partial charge on any atom is 0.232 e. The molecule has 4 heteroatoms. The molecule has 0 saturated heterocycles. The zero-order valence-corrected chi connectivity index (χ0v) is 28.6. The summed E-state index contributed by atoms with van der Waals surface area (Å²) >= 11 is 6.16. The lowest BCUT2D eigenvalue weighted by molar-refractivity contribution is -0.117. The number of amides is 1. The number of hydrogen-bond donors (Lipinski definition) is 1. The Kier molecular flexibility index (Phi) is 10.6. The summed E-state index contributed by atoms with van der Waals surface area (Å²) in [4.78, 5) is 26.4. The van der Waals surface area contributed by atoms with Gasteiger partial charge in [0.25, 0.3) is 0 Å². The average molecular weight is 632 g/mol. The Labute approximate surface area is 280 Å². The molecule has 238 valence electrons. The van der Waals surface area contributed by atoms with Gasteiger partial charge < -0.3 is 5.32 Å². The molecule has 1 aliphatic rings. The van der Waals surface area contributed by atoms with Crippen LogP contribution in [0.4, 0.5) is 5.69 Å². The van der Waals surface area contributed by atoms with Crippen molar-refractivity contribution >= 4 is 34.6 Å². The summed E-state index contributed by atoms with van der Waals surface area (Å²) in [5.74, 6) is 0.410. The van der Waals surface area contributed by atoms with Gasteiger partial charge in [-0.05, 0) is 114 Å². The van der Waals surface area contributed by atoms with Crippen LogP contribution in [0.5, 0.6) is 0 Å². The highest BCUT2D eigenvalue weighted by Gasteiger charge is 2.27. The Morgan fingerprint density at radius 2 is 1.57 bits per heavy atom. The number of carbonyl (C=O) groups excluding carboxylic acids is 2. The van der Waals surface area contributed by atoms with Crippen LogP contribution < -0.4 is 5.32 Å². The molecule has 0 fully saturated rings. The molecular weight excluding hydrogens is 586 g/mol. The van der Waals surface area contributed by atoms with Crippen LogP contribution in [0.15, 0.2) is 97.1 Å². The molecule has 0 radical (unpaired) electrons. The van der Waals surface area contributed by atoms with Crippen molar-refractivity contribution in [3.63, 3.8) is 0 Å². The molecule has 0 aromatic heterocycles. The zero-order valence-electron chi connectivity index (χ0n) is 27.8. The number of hydrogen-bond acceptors (Lipinski definition) is 2. The second-order valence-electron chi connectivity index (χ2n) is 13.8. The van der Waals surface area contributed by atoms with Gasteiger partial charge in [-0.1, -0.05) is 112 Å². The number of anilines is 1. The van der Waals surface area contributed by atoms with E-state index in [9.17, 15) is 9.59 Å². The lowest BCUT2D eigenvalue weighted by atomic mass is 9.72. The van der Waals surface area contributed by atoms with Gasteiger partial charge in [0.05, 0.1) is 5.92 Å². The second kappa shape index (κ2) is 14.6. The lowest BCUT2D eigenvalue weighted by Crippen LogP contribution is -2.23. The van der Waals surface area contributed by atoms with Crippen molar-refractivity contribution in [2.45, 2.75) is 79.1 Å². The van der Waals surface area contributed by atoms with Crippen LogP contribution in [-0.2, 0) is 11.2 Å². The van der Waals surface area contributed by atoms with Crippen LogP contribution in [0, 0.1) is 18.3 Å². The van der Waals surface area contributed by atoms with Crippen molar-refractivity contribution in [2.75, 3.05) is 5.32 Å². The Balaban J connectivity index is 1.37. The van der Waals surface area contributed by atoms with Crippen molar-refractivity contribution in [1.29, 1.82) is 0 Å². The summed E-state index contributed by atoms with van der Waals surface area (Å²) < 4.78 is 0. The van der Waals surface area contributed by atoms with Gasteiger partial charge in [0.1, 0.15) is 0 Å². The van der Waals surface area contributed by atoms with Gasteiger partial charge in [-0.15, -0.1) is 0 Å². The molecule has 4 aromatic rings. The minimum absolute atomic E-state index is 0.0563. The highest BCUT2D eigenvalue weighted by molar-refractivity contribution is 6.30. The van der Waals surface area contributed by atoms with Crippen LogP contribution in [-0.4, -0.2) is 11.7 Å². The smallest absolute Gasteiger partial charge is 0.232 e. The molecule has 2 atom stereocenters. The number of Topliss-reactive ketones (excluding diaryl/α,β-unsaturated/α-hetero) is 1. The normalized spacial score (nSPS) is 15.6. The third-order valence-corrected chi connectivity index (χ3v) is 9.72.